The van der Waals surface area contributed by atoms with Crippen LogP contribution >= 0.6 is 24.8 Å². The lowest BCUT2D eigenvalue weighted by molar-refractivity contribution is 0.0944. The molecule has 0 bridgehead atoms. The van der Waals surface area contributed by atoms with E-state index < -0.39 is 0 Å². The number of carbonyl (C=O) groups is 1. The maximum atomic E-state index is 13.0. The second-order valence-corrected chi connectivity index (χ2v) is 8.93. The minimum absolute atomic E-state index is 0. The minimum atomic E-state index is -0.326. The number of hydrogen-bond acceptors (Lipinski definition) is 6. The second-order valence-electron chi connectivity index (χ2n) is 8.93. The van der Waals surface area contributed by atoms with E-state index in [0.717, 1.165) is 47.9 Å². The lowest BCUT2D eigenvalue weighted by Crippen LogP contribution is -2.50. The number of para-hydroxylation sites is 1. The predicted octanol–water partition coefficient (Wildman–Crippen LogP) is 3.97. The molecule has 0 unspecified atom stereocenters. The quantitative estimate of drug-likeness (QED) is 0.212. The zero-order valence-electron chi connectivity index (χ0n) is 21.0. The molecule has 3 aromatic rings. The molecule has 1 saturated carbocycles. The fraction of sp³-hybridized carbons (Fsp3) is 0.385. The smallest absolute Gasteiger partial charge is 0.289 e. The predicted molar refractivity (Wildman–Crippen MR) is 153 cm³/mol. The van der Waals surface area contributed by atoms with Crippen LogP contribution in [0, 0.1) is 12.3 Å². The first-order valence-electron chi connectivity index (χ1n) is 12.0. The number of rotatable bonds is 8. The summed E-state index contributed by atoms with van der Waals surface area (Å²) in [5.74, 6) is 1.17. The monoisotopic (exact) mass is 547 g/mol. The van der Waals surface area contributed by atoms with E-state index in [1.54, 1.807) is 7.11 Å². The van der Waals surface area contributed by atoms with Gasteiger partial charge in [-0.2, -0.15) is 0 Å². The minimum Gasteiger partial charge on any atom is -0.496 e. The van der Waals surface area contributed by atoms with E-state index in [2.05, 4.69) is 25.9 Å². The first-order valence-corrected chi connectivity index (χ1v) is 12.0. The summed E-state index contributed by atoms with van der Waals surface area (Å²) in [5, 5.41) is 18.1. The standard InChI is InChI=1S/C26H33N7O2.2ClH/c1-16-11-12-19-18(15-16)23(31-20-8-4-5-9-21(20)32-26(27)28)33-24(30-19)25(34)29-14-13-17-7-3-6-10-22(17)35-2;;/h3,6-7,10-12,15,20-21H,4-5,8-9,13-14H2,1-2H3,(H,29,34)(H4,27,28,32)(H,30,31,33);2*1H/t20-,21+;;/m0../s1. The Bertz CT molecular complexity index is 1220. The van der Waals surface area contributed by atoms with E-state index >= 15 is 0 Å². The van der Waals surface area contributed by atoms with Crippen LogP contribution in [0.2, 0.25) is 0 Å². The molecule has 37 heavy (non-hydrogen) atoms. The number of hydrogen-bond donors (Lipinski definition) is 5. The van der Waals surface area contributed by atoms with Gasteiger partial charge in [0, 0.05) is 24.0 Å². The van der Waals surface area contributed by atoms with E-state index in [1.807, 2.05) is 49.4 Å². The zero-order chi connectivity index (χ0) is 24.8. The number of aromatic nitrogens is 2. The number of nitrogens with one attached hydrogen (secondary N) is 4. The van der Waals surface area contributed by atoms with Gasteiger partial charge in [-0.25, -0.2) is 9.97 Å². The molecule has 0 aliphatic heterocycles. The van der Waals surface area contributed by atoms with E-state index in [-0.39, 0.29) is 54.6 Å². The van der Waals surface area contributed by atoms with Crippen LogP contribution in [0.3, 0.4) is 0 Å². The molecule has 200 valence electrons. The van der Waals surface area contributed by atoms with Crippen molar-refractivity contribution in [3.63, 3.8) is 0 Å². The van der Waals surface area contributed by atoms with Gasteiger partial charge in [-0.05, 0) is 49.9 Å². The normalized spacial score (nSPS) is 16.6. The molecular formula is C26H35Cl2N7O2. The summed E-state index contributed by atoms with van der Waals surface area (Å²) in [6, 6.07) is 13.7. The van der Waals surface area contributed by atoms with Gasteiger partial charge < -0.3 is 26.4 Å². The van der Waals surface area contributed by atoms with Crippen molar-refractivity contribution in [1.82, 2.24) is 20.6 Å². The largest absolute Gasteiger partial charge is 0.496 e. The summed E-state index contributed by atoms with van der Waals surface area (Å²) < 4.78 is 5.39. The molecule has 1 heterocycles. The highest BCUT2D eigenvalue weighted by Gasteiger charge is 2.27. The van der Waals surface area contributed by atoms with Crippen molar-refractivity contribution in [2.24, 2.45) is 5.73 Å². The highest BCUT2D eigenvalue weighted by Crippen LogP contribution is 2.27. The number of benzene rings is 2. The summed E-state index contributed by atoms with van der Waals surface area (Å²) in [7, 11) is 1.64. The third-order valence-electron chi connectivity index (χ3n) is 6.36. The third kappa shape index (κ3) is 7.60. The molecule has 6 N–H and O–H groups in total. The number of nitrogens with zero attached hydrogens (tertiary/aromatic N) is 2. The van der Waals surface area contributed by atoms with Crippen LogP contribution in [-0.4, -0.2) is 47.6 Å². The van der Waals surface area contributed by atoms with Crippen molar-refractivity contribution in [3.8, 4) is 5.75 Å². The lowest BCUT2D eigenvalue weighted by atomic mass is 9.90. The van der Waals surface area contributed by atoms with Gasteiger partial charge in [0.1, 0.15) is 11.6 Å². The lowest BCUT2D eigenvalue weighted by Gasteiger charge is -2.33. The Balaban J connectivity index is 0.00000241. The Kier molecular flexibility index (Phi) is 11.2. The molecule has 0 spiro atoms. The van der Waals surface area contributed by atoms with Crippen LogP contribution in [0.1, 0.15) is 47.4 Å². The molecule has 2 atom stereocenters. The molecule has 1 aliphatic rings. The summed E-state index contributed by atoms with van der Waals surface area (Å²) in [6.07, 6.45) is 4.62. The summed E-state index contributed by atoms with van der Waals surface area (Å²) in [4.78, 5) is 22.2. The number of carbonyl (C=O) groups excluding carboxylic acids is 1. The highest BCUT2D eigenvalue weighted by atomic mass is 35.5. The first kappa shape index (κ1) is 29.9. The Morgan fingerprint density at radius 2 is 1.84 bits per heavy atom. The molecule has 4 rings (SSSR count). The summed E-state index contributed by atoms with van der Waals surface area (Å²) in [6.45, 7) is 2.45. The SMILES string of the molecule is COc1ccccc1CCNC(=O)c1nc(N[C@H]2CCCC[C@H]2NC(=N)N)c2cc(C)ccc2n1.Cl.Cl. The number of fused-ring (bicyclic) bond motifs is 1. The fourth-order valence-corrected chi connectivity index (χ4v) is 4.60. The van der Waals surface area contributed by atoms with E-state index in [1.165, 1.54) is 0 Å². The number of anilines is 1. The average molecular weight is 549 g/mol. The Morgan fingerprint density at radius 1 is 1.11 bits per heavy atom. The van der Waals surface area contributed by atoms with Gasteiger partial charge in [0.25, 0.3) is 5.91 Å². The maximum Gasteiger partial charge on any atom is 0.289 e. The van der Waals surface area contributed by atoms with Crippen LogP contribution in [0.15, 0.2) is 42.5 Å². The molecule has 0 radical (unpaired) electrons. The molecule has 1 aliphatic carbocycles. The van der Waals surface area contributed by atoms with Crippen LogP contribution in [0.25, 0.3) is 10.9 Å². The van der Waals surface area contributed by atoms with Gasteiger partial charge in [-0.3, -0.25) is 10.2 Å². The van der Waals surface area contributed by atoms with Gasteiger partial charge in [-0.1, -0.05) is 42.7 Å². The molecule has 1 amide bonds. The Morgan fingerprint density at radius 3 is 2.57 bits per heavy atom. The van der Waals surface area contributed by atoms with Crippen molar-refractivity contribution >= 4 is 53.4 Å². The van der Waals surface area contributed by atoms with Crippen molar-refractivity contribution in [2.75, 3.05) is 19.0 Å². The highest BCUT2D eigenvalue weighted by molar-refractivity contribution is 5.96. The number of nitrogens with two attached hydrogens (primary N) is 1. The summed E-state index contributed by atoms with van der Waals surface area (Å²) in [5.41, 5.74) is 8.43. The van der Waals surface area contributed by atoms with Gasteiger partial charge in [-0.15, -0.1) is 24.8 Å². The number of halogens is 2. The Labute approximate surface area is 229 Å². The third-order valence-corrected chi connectivity index (χ3v) is 6.36. The molecule has 11 heteroatoms. The number of amides is 1. The van der Waals surface area contributed by atoms with E-state index in [0.29, 0.717) is 24.3 Å². The number of aryl methyl sites for hydroxylation is 1. The topological polar surface area (TPSA) is 138 Å². The first-order chi connectivity index (χ1) is 16.9. The summed E-state index contributed by atoms with van der Waals surface area (Å²) >= 11 is 0. The maximum absolute atomic E-state index is 13.0. The van der Waals surface area contributed by atoms with Gasteiger partial charge in [0.2, 0.25) is 5.82 Å². The van der Waals surface area contributed by atoms with Crippen LogP contribution in [-0.2, 0) is 6.42 Å². The molecule has 1 fully saturated rings. The van der Waals surface area contributed by atoms with E-state index in [9.17, 15) is 4.79 Å². The molecule has 2 aromatic carbocycles. The number of ether oxygens (including phenoxy) is 1. The van der Waals surface area contributed by atoms with Gasteiger partial charge >= 0.3 is 0 Å². The second kappa shape index (κ2) is 13.9. The van der Waals surface area contributed by atoms with Crippen molar-refractivity contribution in [1.29, 1.82) is 5.41 Å². The molecule has 9 nitrogen and oxygen atoms in total. The number of guanidine groups is 1. The van der Waals surface area contributed by atoms with Crippen LogP contribution < -0.4 is 26.4 Å². The van der Waals surface area contributed by atoms with Crippen molar-refractivity contribution in [2.45, 2.75) is 51.1 Å². The van der Waals surface area contributed by atoms with Gasteiger partial charge in [0.05, 0.1) is 12.6 Å². The molecular weight excluding hydrogens is 513 g/mol. The van der Waals surface area contributed by atoms with Crippen molar-refractivity contribution < 1.29 is 9.53 Å². The van der Waals surface area contributed by atoms with Gasteiger partial charge in [0.15, 0.2) is 5.96 Å². The van der Waals surface area contributed by atoms with E-state index in [4.69, 9.17) is 15.9 Å². The fourth-order valence-electron chi connectivity index (χ4n) is 4.60. The van der Waals surface area contributed by atoms with Crippen LogP contribution in [0.4, 0.5) is 5.82 Å². The number of methoxy groups -OCH3 is 1. The molecule has 0 saturated heterocycles. The Hall–Kier alpha value is -3.30. The van der Waals surface area contributed by atoms with Crippen LogP contribution in [0.5, 0.6) is 5.75 Å². The molecule has 1 aromatic heterocycles. The van der Waals surface area contributed by atoms with Crippen molar-refractivity contribution in [3.05, 3.63) is 59.4 Å². The zero-order valence-corrected chi connectivity index (χ0v) is 22.7. The average Bonchev–Trinajstić information content (AvgIpc) is 2.85.